The van der Waals surface area contributed by atoms with Crippen molar-refractivity contribution >= 4 is 38.4 Å². The fourth-order valence-corrected chi connectivity index (χ4v) is 2.64. The van der Waals surface area contributed by atoms with Gasteiger partial charge in [0, 0.05) is 23.2 Å². The number of carbonyl (C=O) groups is 1. The maximum Gasteiger partial charge on any atom is 0.321 e. The quantitative estimate of drug-likeness (QED) is 0.867. The minimum absolute atomic E-state index is 0.0650. The number of carbonyl (C=O) groups excluding carboxylic acids is 1. The van der Waals surface area contributed by atoms with Gasteiger partial charge in [-0.25, -0.2) is 4.79 Å². The Labute approximate surface area is 125 Å². The summed E-state index contributed by atoms with van der Waals surface area (Å²) in [6.45, 7) is 2.51. The highest BCUT2D eigenvalue weighted by atomic mass is 79.9. The molecule has 0 aromatic heterocycles. The van der Waals surface area contributed by atoms with Crippen LogP contribution in [0.5, 0.6) is 0 Å². The molecule has 20 heavy (non-hydrogen) atoms. The van der Waals surface area contributed by atoms with Crippen LogP contribution in [0.3, 0.4) is 0 Å². The number of amides is 2. The Hall–Kier alpha value is -1.59. The molecule has 1 aliphatic heterocycles. The highest BCUT2D eigenvalue weighted by Crippen LogP contribution is 2.23. The van der Waals surface area contributed by atoms with Gasteiger partial charge in [-0.3, -0.25) is 0 Å². The summed E-state index contributed by atoms with van der Waals surface area (Å²) in [6.07, 6.45) is 0. The average molecular weight is 335 g/mol. The molecule has 0 bridgehead atoms. The number of ether oxygens (including phenoxy) is 1. The van der Waals surface area contributed by atoms with Crippen LogP contribution >= 0.6 is 15.9 Å². The molecule has 0 spiro atoms. The van der Waals surface area contributed by atoms with E-state index in [4.69, 9.17) is 4.74 Å². The Morgan fingerprint density at radius 3 is 2.60 bits per heavy atom. The third kappa shape index (κ3) is 2.94. The molecule has 5 heteroatoms. The summed E-state index contributed by atoms with van der Waals surface area (Å²) < 4.78 is 6.29. The highest BCUT2D eigenvalue weighted by Gasteiger charge is 2.16. The minimum Gasteiger partial charge on any atom is -0.378 e. The van der Waals surface area contributed by atoms with E-state index in [1.54, 1.807) is 4.90 Å². The number of fused-ring (bicyclic) bond motifs is 1. The first kappa shape index (κ1) is 13.4. The summed E-state index contributed by atoms with van der Waals surface area (Å²) in [7, 11) is 0. The number of hydrogen-bond acceptors (Lipinski definition) is 2. The van der Waals surface area contributed by atoms with Crippen LogP contribution in [0.2, 0.25) is 0 Å². The number of benzene rings is 2. The maximum absolute atomic E-state index is 12.1. The van der Waals surface area contributed by atoms with Gasteiger partial charge in [-0.15, -0.1) is 0 Å². The molecule has 0 radical (unpaired) electrons. The number of nitrogens with one attached hydrogen (secondary N) is 1. The number of hydrogen-bond donors (Lipinski definition) is 1. The summed E-state index contributed by atoms with van der Waals surface area (Å²) in [6, 6.07) is 11.9. The van der Waals surface area contributed by atoms with Crippen LogP contribution < -0.4 is 5.32 Å². The van der Waals surface area contributed by atoms with Crippen molar-refractivity contribution in [2.75, 3.05) is 31.6 Å². The van der Waals surface area contributed by atoms with Crippen molar-refractivity contribution in [1.29, 1.82) is 0 Å². The summed E-state index contributed by atoms with van der Waals surface area (Å²) in [4.78, 5) is 13.9. The molecule has 0 atom stereocenters. The zero-order valence-corrected chi connectivity index (χ0v) is 12.5. The van der Waals surface area contributed by atoms with Gasteiger partial charge >= 0.3 is 6.03 Å². The first-order valence-electron chi connectivity index (χ1n) is 6.55. The van der Waals surface area contributed by atoms with Crippen molar-refractivity contribution in [3.63, 3.8) is 0 Å². The second-order valence-electron chi connectivity index (χ2n) is 4.74. The van der Waals surface area contributed by atoms with Gasteiger partial charge in [0.15, 0.2) is 0 Å². The van der Waals surface area contributed by atoms with E-state index in [9.17, 15) is 4.79 Å². The summed E-state index contributed by atoms with van der Waals surface area (Å²) in [5.41, 5.74) is 0.816. The lowest BCUT2D eigenvalue weighted by atomic mass is 10.1. The molecule has 2 aromatic carbocycles. The smallest absolute Gasteiger partial charge is 0.321 e. The number of halogens is 1. The average Bonchev–Trinajstić information content (AvgIpc) is 2.48. The van der Waals surface area contributed by atoms with Gasteiger partial charge in [-0.1, -0.05) is 28.1 Å². The fraction of sp³-hybridized carbons (Fsp3) is 0.267. The van der Waals surface area contributed by atoms with Crippen LogP contribution in [0.15, 0.2) is 40.9 Å². The van der Waals surface area contributed by atoms with E-state index in [0.29, 0.717) is 26.3 Å². The van der Waals surface area contributed by atoms with Gasteiger partial charge in [0.05, 0.1) is 13.2 Å². The van der Waals surface area contributed by atoms with E-state index in [1.165, 1.54) is 0 Å². The van der Waals surface area contributed by atoms with Crippen molar-refractivity contribution in [2.45, 2.75) is 0 Å². The van der Waals surface area contributed by atoms with E-state index in [2.05, 4.69) is 27.3 Å². The number of anilines is 1. The largest absolute Gasteiger partial charge is 0.378 e. The Kier molecular flexibility index (Phi) is 3.89. The summed E-state index contributed by atoms with van der Waals surface area (Å²) in [5.74, 6) is 0. The molecule has 104 valence electrons. The molecule has 3 rings (SSSR count). The van der Waals surface area contributed by atoms with Crippen molar-refractivity contribution in [3.8, 4) is 0 Å². The fourth-order valence-electron chi connectivity index (χ4n) is 2.26. The molecule has 1 fully saturated rings. The lowest BCUT2D eigenvalue weighted by Crippen LogP contribution is -2.43. The number of morpholine rings is 1. The standard InChI is InChI=1S/C15H15BrN2O2/c16-13-3-1-12-10-14(4-2-11(12)9-13)17-15(19)18-5-7-20-8-6-18/h1-4,9-10H,5-8H2,(H,17,19). The second kappa shape index (κ2) is 5.81. The number of rotatable bonds is 1. The normalized spacial score (nSPS) is 15.3. The molecule has 2 amide bonds. The monoisotopic (exact) mass is 334 g/mol. The molecule has 0 unspecified atom stereocenters. The molecular formula is C15H15BrN2O2. The van der Waals surface area contributed by atoms with Crippen molar-refractivity contribution in [3.05, 3.63) is 40.9 Å². The Morgan fingerprint density at radius 1 is 1.10 bits per heavy atom. The van der Waals surface area contributed by atoms with Crippen molar-refractivity contribution in [2.24, 2.45) is 0 Å². The molecule has 1 N–H and O–H groups in total. The van der Waals surface area contributed by atoms with E-state index >= 15 is 0 Å². The first-order chi connectivity index (χ1) is 9.72. The van der Waals surface area contributed by atoms with Gasteiger partial charge < -0.3 is 15.0 Å². The predicted molar refractivity (Wildman–Crippen MR) is 83.1 cm³/mol. The zero-order chi connectivity index (χ0) is 13.9. The molecule has 1 saturated heterocycles. The van der Waals surface area contributed by atoms with Crippen LogP contribution in [-0.2, 0) is 4.74 Å². The minimum atomic E-state index is -0.0650. The van der Waals surface area contributed by atoms with Gasteiger partial charge in [-0.2, -0.15) is 0 Å². The molecule has 1 aliphatic rings. The molecule has 0 saturated carbocycles. The molecule has 0 aliphatic carbocycles. The molecule has 4 nitrogen and oxygen atoms in total. The van der Waals surface area contributed by atoms with Gasteiger partial charge in [0.25, 0.3) is 0 Å². The van der Waals surface area contributed by atoms with E-state index < -0.39 is 0 Å². The Balaban J connectivity index is 1.76. The number of urea groups is 1. The third-order valence-corrected chi connectivity index (χ3v) is 3.85. The third-order valence-electron chi connectivity index (χ3n) is 3.35. The second-order valence-corrected chi connectivity index (χ2v) is 5.65. The van der Waals surface area contributed by atoms with Crippen LogP contribution in [-0.4, -0.2) is 37.2 Å². The van der Waals surface area contributed by atoms with Crippen molar-refractivity contribution in [1.82, 2.24) is 4.90 Å². The lowest BCUT2D eigenvalue weighted by molar-refractivity contribution is 0.0564. The Morgan fingerprint density at radius 2 is 1.80 bits per heavy atom. The lowest BCUT2D eigenvalue weighted by Gasteiger charge is -2.26. The van der Waals surface area contributed by atoms with E-state index in [1.807, 2.05) is 30.3 Å². The van der Waals surface area contributed by atoms with Crippen LogP contribution in [0.1, 0.15) is 0 Å². The highest BCUT2D eigenvalue weighted by molar-refractivity contribution is 9.10. The van der Waals surface area contributed by atoms with Crippen LogP contribution in [0.4, 0.5) is 10.5 Å². The summed E-state index contributed by atoms with van der Waals surface area (Å²) in [5, 5.41) is 5.19. The number of nitrogens with zero attached hydrogens (tertiary/aromatic N) is 1. The maximum atomic E-state index is 12.1. The van der Waals surface area contributed by atoms with Crippen LogP contribution in [0.25, 0.3) is 10.8 Å². The predicted octanol–water partition coefficient (Wildman–Crippen LogP) is 3.47. The molecular weight excluding hydrogens is 320 g/mol. The summed E-state index contributed by atoms with van der Waals surface area (Å²) >= 11 is 3.46. The Bertz CT molecular complexity index is 639. The SMILES string of the molecule is O=C(Nc1ccc2cc(Br)ccc2c1)N1CCOCC1. The topological polar surface area (TPSA) is 41.6 Å². The zero-order valence-electron chi connectivity index (χ0n) is 10.9. The van der Waals surface area contributed by atoms with Crippen LogP contribution in [0, 0.1) is 0 Å². The van der Waals surface area contributed by atoms with Gasteiger partial charge in [0.2, 0.25) is 0 Å². The first-order valence-corrected chi connectivity index (χ1v) is 7.35. The molecule has 2 aromatic rings. The molecule has 1 heterocycles. The van der Waals surface area contributed by atoms with Gasteiger partial charge in [-0.05, 0) is 35.0 Å². The van der Waals surface area contributed by atoms with Gasteiger partial charge in [0.1, 0.15) is 0 Å². The van der Waals surface area contributed by atoms with Crippen molar-refractivity contribution < 1.29 is 9.53 Å². The van der Waals surface area contributed by atoms with E-state index in [0.717, 1.165) is 20.9 Å². The van der Waals surface area contributed by atoms with E-state index in [-0.39, 0.29) is 6.03 Å².